The second-order valence-electron chi connectivity index (χ2n) is 10.4. The Labute approximate surface area is 290 Å². The van der Waals surface area contributed by atoms with Crippen LogP contribution in [0.2, 0.25) is 0 Å². The summed E-state index contributed by atoms with van der Waals surface area (Å²) in [6.45, 7) is 11.0. The number of unbranched alkanes of at least 4 members (excludes halogenated alkanes) is 1. The third kappa shape index (κ3) is 23.8. The Bertz CT molecular complexity index is 1050. The first kappa shape index (κ1) is 42.0. The average Bonchev–Trinajstić information content (AvgIpc) is 3.13. The number of benzene rings is 2. The lowest BCUT2D eigenvalue weighted by Crippen LogP contribution is -2.15. The molecule has 13 heteroatoms. The summed E-state index contributed by atoms with van der Waals surface area (Å²) in [7, 11) is 0. The molecule has 2 rings (SSSR count). The number of ether oxygens (including phenoxy) is 10. The van der Waals surface area contributed by atoms with Gasteiger partial charge < -0.3 is 52.7 Å². The van der Waals surface area contributed by atoms with E-state index in [1.807, 2.05) is 12.1 Å². The van der Waals surface area contributed by atoms with Gasteiger partial charge in [-0.3, -0.25) is 4.79 Å². The van der Waals surface area contributed by atoms with Crippen LogP contribution in [0.4, 0.5) is 5.69 Å². The largest absolute Gasteiger partial charge is 0.491 e. The van der Waals surface area contributed by atoms with Gasteiger partial charge in [-0.25, -0.2) is 4.79 Å². The van der Waals surface area contributed by atoms with Crippen molar-refractivity contribution in [1.29, 1.82) is 0 Å². The zero-order valence-corrected chi connectivity index (χ0v) is 28.9. The summed E-state index contributed by atoms with van der Waals surface area (Å²) in [5.74, 6) is 0.336. The number of esters is 1. The van der Waals surface area contributed by atoms with Crippen LogP contribution >= 0.6 is 0 Å². The van der Waals surface area contributed by atoms with Crippen molar-refractivity contribution in [2.75, 3.05) is 131 Å². The number of rotatable bonds is 34. The molecule has 2 aromatic rings. The van der Waals surface area contributed by atoms with Gasteiger partial charge in [-0.05, 0) is 55.0 Å². The van der Waals surface area contributed by atoms with E-state index in [0.29, 0.717) is 129 Å². The summed E-state index contributed by atoms with van der Waals surface area (Å²) in [5, 5.41) is 3.32. The molecule has 276 valence electrons. The minimum Gasteiger partial charge on any atom is -0.491 e. The Hall–Kier alpha value is -3.14. The summed E-state index contributed by atoms with van der Waals surface area (Å²) < 4.78 is 54.5. The second kappa shape index (κ2) is 30.9. The zero-order valence-electron chi connectivity index (χ0n) is 28.9. The normalized spacial score (nSPS) is 11.0. The van der Waals surface area contributed by atoms with Gasteiger partial charge in [0.2, 0.25) is 0 Å². The quantitative estimate of drug-likeness (QED) is 0.0641. The second-order valence-corrected chi connectivity index (χ2v) is 10.4. The number of carbonyl (C=O) groups is 2. The molecule has 0 aliphatic heterocycles. The van der Waals surface area contributed by atoms with Crippen LogP contribution in [0.3, 0.4) is 0 Å². The van der Waals surface area contributed by atoms with E-state index >= 15 is 0 Å². The van der Waals surface area contributed by atoms with Crippen molar-refractivity contribution in [1.82, 2.24) is 0 Å². The smallest absolute Gasteiger partial charge is 0.338 e. The van der Waals surface area contributed by atoms with Crippen LogP contribution in [-0.2, 0) is 42.6 Å². The van der Waals surface area contributed by atoms with Crippen LogP contribution < -0.4 is 10.1 Å². The number of aldehydes is 1. The van der Waals surface area contributed by atoms with Crippen molar-refractivity contribution in [2.24, 2.45) is 0 Å². The molecule has 0 atom stereocenters. The Morgan fingerprint density at radius 3 is 1.37 bits per heavy atom. The van der Waals surface area contributed by atoms with E-state index in [-0.39, 0.29) is 12.6 Å². The van der Waals surface area contributed by atoms with E-state index in [1.54, 1.807) is 36.4 Å². The number of carbonyl (C=O) groups excluding carboxylic acids is 2. The molecule has 13 nitrogen and oxygen atoms in total. The molecule has 0 aromatic heterocycles. The van der Waals surface area contributed by atoms with Gasteiger partial charge in [-0.1, -0.05) is 13.3 Å². The highest BCUT2D eigenvalue weighted by Crippen LogP contribution is 2.11. The minimum absolute atomic E-state index is 0.187. The van der Waals surface area contributed by atoms with Crippen LogP contribution in [0, 0.1) is 0 Å². The van der Waals surface area contributed by atoms with Gasteiger partial charge in [0.25, 0.3) is 0 Å². The SMILES string of the molecule is CCCCNc1ccc(C(=O)OCCOCCOCCOCCOCCOCCOCCOCCOCCOc2ccc(C=O)cc2)cc1. The van der Waals surface area contributed by atoms with Crippen molar-refractivity contribution in [3.05, 3.63) is 59.7 Å². The molecule has 0 spiro atoms. The summed E-state index contributed by atoms with van der Waals surface area (Å²) in [6.07, 6.45) is 3.03. The van der Waals surface area contributed by atoms with E-state index in [1.165, 1.54) is 0 Å². The highest BCUT2D eigenvalue weighted by Gasteiger charge is 2.07. The van der Waals surface area contributed by atoms with E-state index in [0.717, 1.165) is 31.4 Å². The molecule has 1 N–H and O–H groups in total. The molecule has 0 amide bonds. The maximum absolute atomic E-state index is 12.1. The molecule has 0 saturated heterocycles. The third-order valence-corrected chi connectivity index (χ3v) is 6.56. The molecule has 0 aliphatic rings. The molecular weight excluding hydrogens is 638 g/mol. The first-order valence-corrected chi connectivity index (χ1v) is 17.0. The zero-order chi connectivity index (χ0) is 34.9. The number of nitrogens with one attached hydrogen (secondary N) is 1. The van der Waals surface area contributed by atoms with Crippen LogP contribution in [0.1, 0.15) is 40.5 Å². The highest BCUT2D eigenvalue weighted by molar-refractivity contribution is 5.89. The predicted octanol–water partition coefficient (Wildman–Crippen LogP) is 4.08. The number of hydrogen-bond acceptors (Lipinski definition) is 13. The fourth-order valence-electron chi connectivity index (χ4n) is 3.91. The number of hydrogen-bond donors (Lipinski definition) is 1. The van der Waals surface area contributed by atoms with Crippen molar-refractivity contribution < 1.29 is 57.0 Å². The van der Waals surface area contributed by atoms with Crippen molar-refractivity contribution in [3.63, 3.8) is 0 Å². The molecule has 49 heavy (non-hydrogen) atoms. The molecule has 0 saturated carbocycles. The van der Waals surface area contributed by atoms with Crippen LogP contribution in [-0.4, -0.2) is 138 Å². The molecule has 2 aromatic carbocycles. The Morgan fingerprint density at radius 2 is 0.959 bits per heavy atom. The summed E-state index contributed by atoms with van der Waals surface area (Å²) in [4.78, 5) is 22.8. The molecule has 0 aliphatic carbocycles. The Morgan fingerprint density at radius 1 is 0.551 bits per heavy atom. The lowest BCUT2D eigenvalue weighted by atomic mass is 10.2. The average molecular weight is 694 g/mol. The molecule has 0 bridgehead atoms. The molecular formula is C36H55NO12. The van der Waals surface area contributed by atoms with Gasteiger partial charge in [0, 0.05) is 17.8 Å². The van der Waals surface area contributed by atoms with Gasteiger partial charge in [0.1, 0.15) is 25.2 Å². The monoisotopic (exact) mass is 693 g/mol. The molecule has 0 radical (unpaired) electrons. The van der Waals surface area contributed by atoms with E-state index in [2.05, 4.69) is 12.2 Å². The van der Waals surface area contributed by atoms with E-state index in [4.69, 9.17) is 47.4 Å². The maximum atomic E-state index is 12.1. The summed E-state index contributed by atoms with van der Waals surface area (Å²) in [5.41, 5.74) is 2.12. The van der Waals surface area contributed by atoms with Crippen molar-refractivity contribution in [3.8, 4) is 5.75 Å². The third-order valence-electron chi connectivity index (χ3n) is 6.56. The van der Waals surface area contributed by atoms with Gasteiger partial charge >= 0.3 is 5.97 Å². The molecule has 0 heterocycles. The first-order valence-electron chi connectivity index (χ1n) is 17.0. The topological polar surface area (TPSA) is 138 Å². The molecule has 0 unspecified atom stereocenters. The standard InChI is InChI=1S/C36H55NO12/c1-2-3-12-37-34-8-6-33(7-9-34)36(39)49-30-28-47-26-24-45-22-20-43-18-16-41-14-13-40-15-17-42-19-21-44-23-25-46-27-29-48-35-10-4-32(31-38)5-11-35/h4-11,31,37H,2-3,12-30H2,1H3. The maximum Gasteiger partial charge on any atom is 0.338 e. The van der Waals surface area contributed by atoms with Crippen molar-refractivity contribution >= 4 is 17.9 Å². The van der Waals surface area contributed by atoms with Gasteiger partial charge in [-0.15, -0.1) is 0 Å². The van der Waals surface area contributed by atoms with Gasteiger partial charge in [0.15, 0.2) is 0 Å². The Balaban J connectivity index is 1.21. The van der Waals surface area contributed by atoms with Gasteiger partial charge in [0.05, 0.1) is 111 Å². The van der Waals surface area contributed by atoms with Crippen LogP contribution in [0.25, 0.3) is 0 Å². The van der Waals surface area contributed by atoms with Crippen LogP contribution in [0.15, 0.2) is 48.5 Å². The Kier molecular flexibility index (Phi) is 26.5. The summed E-state index contributed by atoms with van der Waals surface area (Å²) in [6, 6.07) is 14.2. The fraction of sp³-hybridized carbons (Fsp3) is 0.611. The van der Waals surface area contributed by atoms with Gasteiger partial charge in [-0.2, -0.15) is 0 Å². The lowest BCUT2D eigenvalue weighted by Gasteiger charge is -2.09. The summed E-state index contributed by atoms with van der Waals surface area (Å²) >= 11 is 0. The lowest BCUT2D eigenvalue weighted by molar-refractivity contribution is -0.0247. The minimum atomic E-state index is -0.364. The van der Waals surface area contributed by atoms with Crippen LogP contribution in [0.5, 0.6) is 5.75 Å². The van der Waals surface area contributed by atoms with Crippen molar-refractivity contribution in [2.45, 2.75) is 19.8 Å². The number of anilines is 1. The first-order chi connectivity index (χ1) is 24.2. The molecule has 0 fully saturated rings. The van der Waals surface area contributed by atoms with E-state index in [9.17, 15) is 9.59 Å². The highest BCUT2D eigenvalue weighted by atomic mass is 16.6. The fourth-order valence-corrected chi connectivity index (χ4v) is 3.91. The predicted molar refractivity (Wildman–Crippen MR) is 184 cm³/mol. The van der Waals surface area contributed by atoms with E-state index < -0.39 is 0 Å².